The highest BCUT2D eigenvalue weighted by Crippen LogP contribution is 2.16. The molecular weight excluding hydrogens is 391 g/mol. The van der Waals surface area contributed by atoms with Crippen LogP contribution in [-0.4, -0.2) is 62.8 Å². The van der Waals surface area contributed by atoms with Crippen molar-refractivity contribution in [3.05, 3.63) is 0 Å². The fourth-order valence-corrected chi connectivity index (χ4v) is 2.68. The predicted molar refractivity (Wildman–Crippen MR) is 105 cm³/mol. The Labute approximate surface area is 153 Å². The van der Waals surface area contributed by atoms with E-state index in [0.29, 0.717) is 0 Å². The van der Waals surface area contributed by atoms with Gasteiger partial charge in [-0.3, -0.25) is 4.99 Å². The second-order valence-electron chi connectivity index (χ2n) is 5.62. The first-order valence-corrected chi connectivity index (χ1v) is 8.61. The minimum atomic E-state index is 0. The van der Waals surface area contributed by atoms with Crippen LogP contribution in [0, 0.1) is 0 Å². The number of ether oxygens (including phenoxy) is 1. The number of guanidine groups is 1. The molecule has 1 atom stereocenters. The largest absolute Gasteiger partial charge is 0.380 e. The number of halogens is 1. The summed E-state index contributed by atoms with van der Waals surface area (Å²) < 4.78 is 5.33. The van der Waals surface area contributed by atoms with E-state index in [-0.39, 0.29) is 24.0 Å². The number of piperidine rings is 1. The molecule has 0 radical (unpaired) electrons. The average Bonchev–Trinajstić information content (AvgIpc) is 2.49. The van der Waals surface area contributed by atoms with E-state index < -0.39 is 0 Å². The topological polar surface area (TPSA) is 48.9 Å². The van der Waals surface area contributed by atoms with Gasteiger partial charge in [-0.1, -0.05) is 6.42 Å². The maximum Gasteiger partial charge on any atom is 0.191 e. The quantitative estimate of drug-likeness (QED) is 0.258. The molecule has 6 heteroatoms. The summed E-state index contributed by atoms with van der Waals surface area (Å²) in [5.74, 6) is 0.906. The van der Waals surface area contributed by atoms with Crippen LogP contribution in [-0.2, 0) is 4.74 Å². The van der Waals surface area contributed by atoms with Crippen LogP contribution in [0.25, 0.3) is 0 Å². The van der Waals surface area contributed by atoms with Gasteiger partial charge in [0.1, 0.15) is 0 Å². The molecule has 0 bridgehead atoms. The third-order valence-corrected chi connectivity index (χ3v) is 3.90. The molecule has 0 aromatic rings. The Morgan fingerprint density at radius 3 is 2.77 bits per heavy atom. The van der Waals surface area contributed by atoms with Crippen LogP contribution >= 0.6 is 24.0 Å². The molecule has 1 aliphatic rings. The van der Waals surface area contributed by atoms with Gasteiger partial charge in [-0.25, -0.2) is 0 Å². The normalized spacial score (nSPS) is 19.6. The van der Waals surface area contributed by atoms with Gasteiger partial charge < -0.3 is 20.3 Å². The zero-order valence-electron chi connectivity index (χ0n) is 14.6. The third-order valence-electron chi connectivity index (χ3n) is 3.90. The second kappa shape index (κ2) is 14.5. The molecule has 0 saturated carbocycles. The zero-order valence-corrected chi connectivity index (χ0v) is 16.9. The predicted octanol–water partition coefficient (Wildman–Crippen LogP) is 2.46. The molecule has 22 heavy (non-hydrogen) atoms. The molecule has 1 aliphatic heterocycles. The van der Waals surface area contributed by atoms with E-state index in [1.807, 2.05) is 6.92 Å². The standard InChI is InChI=1S/C16H34N4O.HI/c1-4-17-16(19-11-14-21-5-2)18-10-8-13-20-12-7-6-9-15(20)3;/h15H,4-14H2,1-3H3,(H2,17,18,19);1H. The molecule has 1 unspecified atom stereocenters. The van der Waals surface area contributed by atoms with Crippen LogP contribution in [0.2, 0.25) is 0 Å². The molecule has 0 spiro atoms. The Bertz CT molecular complexity index is 289. The Balaban J connectivity index is 0.00000441. The molecule has 1 fully saturated rings. The number of aliphatic imine (C=N–C) groups is 1. The van der Waals surface area contributed by atoms with E-state index in [0.717, 1.165) is 51.3 Å². The highest BCUT2D eigenvalue weighted by Gasteiger charge is 2.16. The highest BCUT2D eigenvalue weighted by atomic mass is 127. The van der Waals surface area contributed by atoms with Crippen molar-refractivity contribution < 1.29 is 4.74 Å². The van der Waals surface area contributed by atoms with Crippen molar-refractivity contribution in [1.29, 1.82) is 0 Å². The van der Waals surface area contributed by atoms with Gasteiger partial charge >= 0.3 is 0 Å². The minimum absolute atomic E-state index is 0. The lowest BCUT2D eigenvalue weighted by molar-refractivity contribution is 0.152. The molecule has 5 nitrogen and oxygen atoms in total. The number of hydrogen-bond donors (Lipinski definition) is 2. The molecular formula is C16H35IN4O. The SMILES string of the molecule is CCNC(=NCCCN1CCCCC1C)NCCOCC.I. The first kappa shape index (κ1) is 21.9. The van der Waals surface area contributed by atoms with Crippen molar-refractivity contribution in [2.75, 3.05) is 45.9 Å². The Hall–Kier alpha value is -0.0800. The first-order chi connectivity index (χ1) is 10.3. The Morgan fingerprint density at radius 2 is 2.09 bits per heavy atom. The van der Waals surface area contributed by atoms with E-state index in [4.69, 9.17) is 4.74 Å². The zero-order chi connectivity index (χ0) is 15.3. The van der Waals surface area contributed by atoms with Crippen molar-refractivity contribution in [3.8, 4) is 0 Å². The Kier molecular flexibility index (Phi) is 14.5. The molecule has 0 aromatic heterocycles. The van der Waals surface area contributed by atoms with Gasteiger partial charge in [-0.15, -0.1) is 24.0 Å². The van der Waals surface area contributed by atoms with Crippen LogP contribution in [0.5, 0.6) is 0 Å². The van der Waals surface area contributed by atoms with Gasteiger partial charge in [0, 0.05) is 38.8 Å². The maximum atomic E-state index is 5.33. The minimum Gasteiger partial charge on any atom is -0.380 e. The van der Waals surface area contributed by atoms with Crippen molar-refractivity contribution in [3.63, 3.8) is 0 Å². The summed E-state index contributed by atoms with van der Waals surface area (Å²) in [5, 5.41) is 6.58. The summed E-state index contributed by atoms with van der Waals surface area (Å²) in [6.45, 7) is 13.0. The van der Waals surface area contributed by atoms with Gasteiger partial charge in [-0.2, -0.15) is 0 Å². The van der Waals surface area contributed by atoms with E-state index in [2.05, 4.69) is 34.4 Å². The number of rotatable bonds is 9. The average molecular weight is 426 g/mol. The monoisotopic (exact) mass is 426 g/mol. The molecule has 132 valence electrons. The number of hydrogen-bond acceptors (Lipinski definition) is 3. The fourth-order valence-electron chi connectivity index (χ4n) is 2.68. The lowest BCUT2D eigenvalue weighted by Crippen LogP contribution is -2.40. The van der Waals surface area contributed by atoms with E-state index in [1.54, 1.807) is 0 Å². The van der Waals surface area contributed by atoms with E-state index in [1.165, 1.54) is 32.4 Å². The molecule has 0 amide bonds. The van der Waals surface area contributed by atoms with Crippen molar-refractivity contribution in [2.45, 2.75) is 52.5 Å². The van der Waals surface area contributed by atoms with Crippen molar-refractivity contribution in [2.24, 2.45) is 4.99 Å². The summed E-state index contributed by atoms with van der Waals surface area (Å²) in [6, 6.07) is 0.750. The van der Waals surface area contributed by atoms with Crippen LogP contribution in [0.1, 0.15) is 46.5 Å². The third kappa shape index (κ3) is 9.84. The maximum absolute atomic E-state index is 5.33. The fraction of sp³-hybridized carbons (Fsp3) is 0.938. The van der Waals surface area contributed by atoms with Gasteiger partial charge in [0.15, 0.2) is 5.96 Å². The van der Waals surface area contributed by atoms with E-state index >= 15 is 0 Å². The number of nitrogens with one attached hydrogen (secondary N) is 2. The Morgan fingerprint density at radius 1 is 1.27 bits per heavy atom. The molecule has 1 rings (SSSR count). The summed E-state index contributed by atoms with van der Waals surface area (Å²) in [4.78, 5) is 7.24. The summed E-state index contributed by atoms with van der Waals surface area (Å²) in [7, 11) is 0. The lowest BCUT2D eigenvalue weighted by Gasteiger charge is -2.33. The van der Waals surface area contributed by atoms with Crippen LogP contribution in [0.3, 0.4) is 0 Å². The molecule has 0 aliphatic carbocycles. The molecule has 1 saturated heterocycles. The van der Waals surface area contributed by atoms with Crippen molar-refractivity contribution >= 4 is 29.9 Å². The first-order valence-electron chi connectivity index (χ1n) is 8.61. The van der Waals surface area contributed by atoms with Crippen LogP contribution in [0.15, 0.2) is 4.99 Å². The van der Waals surface area contributed by atoms with Gasteiger partial charge in [0.2, 0.25) is 0 Å². The number of nitrogens with zero attached hydrogens (tertiary/aromatic N) is 2. The van der Waals surface area contributed by atoms with E-state index in [9.17, 15) is 0 Å². The smallest absolute Gasteiger partial charge is 0.191 e. The van der Waals surface area contributed by atoms with Gasteiger partial charge in [0.25, 0.3) is 0 Å². The van der Waals surface area contributed by atoms with Crippen LogP contribution in [0.4, 0.5) is 0 Å². The van der Waals surface area contributed by atoms with Gasteiger partial charge in [0.05, 0.1) is 6.61 Å². The summed E-state index contributed by atoms with van der Waals surface area (Å²) >= 11 is 0. The molecule has 1 heterocycles. The number of likely N-dealkylation sites (tertiary alicyclic amines) is 1. The lowest BCUT2D eigenvalue weighted by atomic mass is 10.0. The highest BCUT2D eigenvalue weighted by molar-refractivity contribution is 14.0. The molecule has 0 aromatic carbocycles. The summed E-state index contributed by atoms with van der Waals surface area (Å²) in [6.07, 6.45) is 5.23. The van der Waals surface area contributed by atoms with Crippen molar-refractivity contribution in [1.82, 2.24) is 15.5 Å². The second-order valence-corrected chi connectivity index (χ2v) is 5.62. The summed E-state index contributed by atoms with van der Waals surface area (Å²) in [5.41, 5.74) is 0. The van der Waals surface area contributed by atoms with Crippen LogP contribution < -0.4 is 10.6 Å². The van der Waals surface area contributed by atoms with Gasteiger partial charge in [-0.05, 0) is 46.6 Å². The molecule has 2 N–H and O–H groups in total.